The molecule has 0 spiro atoms. The van der Waals surface area contributed by atoms with Gasteiger partial charge >= 0.3 is 0 Å². The molecule has 2 heterocycles. The van der Waals surface area contributed by atoms with Gasteiger partial charge in [0, 0.05) is 11.9 Å². The molecule has 0 atom stereocenters. The number of aryl methyl sites for hydroxylation is 2. The summed E-state index contributed by atoms with van der Waals surface area (Å²) >= 11 is 2.84. The molecule has 134 valence electrons. The van der Waals surface area contributed by atoms with Crippen molar-refractivity contribution in [3.63, 3.8) is 0 Å². The lowest BCUT2D eigenvalue weighted by atomic mass is 10.1. The second-order valence-electron chi connectivity index (χ2n) is 6.20. The lowest BCUT2D eigenvalue weighted by molar-refractivity contribution is -0.113. The molecule has 3 aromatic rings. The van der Waals surface area contributed by atoms with E-state index >= 15 is 0 Å². The number of carbonyl (C=O) groups excluding carboxylic acids is 2. The molecule has 1 aliphatic carbocycles. The first-order valence-electron chi connectivity index (χ1n) is 8.33. The molecular formula is C18H18N4O2S2. The van der Waals surface area contributed by atoms with Crippen LogP contribution in [0.3, 0.4) is 0 Å². The van der Waals surface area contributed by atoms with Crippen LogP contribution >= 0.6 is 23.1 Å². The summed E-state index contributed by atoms with van der Waals surface area (Å²) in [4.78, 5) is 29.9. The molecule has 0 aliphatic heterocycles. The molecule has 1 aliphatic rings. The molecule has 0 radical (unpaired) electrons. The Labute approximate surface area is 158 Å². The Bertz CT molecular complexity index is 1020. The standard InChI is InChI=1S/C18H18N4O2S2/c1-22-12-7-3-2-6-11(12)20-18(22)25-9-14(23)21-17-15(16(19)24)10-5-4-8-13(10)26-17/h2-3,6-7H,4-5,8-9H2,1H3,(H2,19,24)(H,21,23). The van der Waals surface area contributed by atoms with Crippen LogP contribution in [0.4, 0.5) is 5.00 Å². The maximum atomic E-state index is 12.4. The van der Waals surface area contributed by atoms with Crippen molar-refractivity contribution in [2.75, 3.05) is 11.1 Å². The van der Waals surface area contributed by atoms with E-state index in [0.717, 1.165) is 45.9 Å². The lowest BCUT2D eigenvalue weighted by Gasteiger charge is -2.06. The van der Waals surface area contributed by atoms with Gasteiger partial charge in [0.1, 0.15) is 5.00 Å². The average Bonchev–Trinajstić information content (AvgIpc) is 3.26. The van der Waals surface area contributed by atoms with E-state index < -0.39 is 5.91 Å². The van der Waals surface area contributed by atoms with Crippen LogP contribution in [0.1, 0.15) is 27.2 Å². The van der Waals surface area contributed by atoms with Gasteiger partial charge < -0.3 is 15.6 Å². The highest BCUT2D eigenvalue weighted by Crippen LogP contribution is 2.39. The largest absolute Gasteiger partial charge is 0.365 e. The monoisotopic (exact) mass is 386 g/mol. The van der Waals surface area contributed by atoms with Crippen molar-refractivity contribution in [2.45, 2.75) is 24.4 Å². The molecule has 3 N–H and O–H groups in total. The molecule has 0 bridgehead atoms. The van der Waals surface area contributed by atoms with Crippen molar-refractivity contribution in [2.24, 2.45) is 12.8 Å². The number of hydrogen-bond donors (Lipinski definition) is 2. The molecule has 26 heavy (non-hydrogen) atoms. The number of para-hydroxylation sites is 2. The first kappa shape index (κ1) is 17.1. The molecule has 0 saturated carbocycles. The van der Waals surface area contributed by atoms with Crippen molar-refractivity contribution in [3.05, 3.63) is 40.3 Å². The third-order valence-corrected chi connectivity index (χ3v) is 6.74. The molecular weight excluding hydrogens is 368 g/mol. The van der Waals surface area contributed by atoms with Crippen molar-refractivity contribution in [3.8, 4) is 0 Å². The summed E-state index contributed by atoms with van der Waals surface area (Å²) in [5, 5.41) is 4.23. The quantitative estimate of drug-likeness (QED) is 0.660. The number of nitrogens with one attached hydrogen (secondary N) is 1. The number of amides is 2. The van der Waals surface area contributed by atoms with E-state index in [-0.39, 0.29) is 11.7 Å². The molecule has 6 nitrogen and oxygen atoms in total. The molecule has 2 amide bonds. The summed E-state index contributed by atoms with van der Waals surface area (Å²) < 4.78 is 1.97. The first-order valence-corrected chi connectivity index (χ1v) is 10.1. The zero-order chi connectivity index (χ0) is 18.3. The topological polar surface area (TPSA) is 90.0 Å². The van der Waals surface area contributed by atoms with Gasteiger partial charge in [0.15, 0.2) is 5.16 Å². The van der Waals surface area contributed by atoms with Gasteiger partial charge in [-0.05, 0) is 37.0 Å². The van der Waals surface area contributed by atoms with E-state index in [4.69, 9.17) is 5.73 Å². The summed E-state index contributed by atoms with van der Waals surface area (Å²) in [6, 6.07) is 7.86. The van der Waals surface area contributed by atoms with Gasteiger partial charge in [0.2, 0.25) is 5.91 Å². The lowest BCUT2D eigenvalue weighted by Crippen LogP contribution is -2.19. The van der Waals surface area contributed by atoms with Gasteiger partial charge in [-0.25, -0.2) is 4.98 Å². The molecule has 8 heteroatoms. The number of nitrogens with two attached hydrogens (primary N) is 1. The van der Waals surface area contributed by atoms with E-state index in [2.05, 4.69) is 10.3 Å². The number of nitrogens with zero attached hydrogens (tertiary/aromatic N) is 2. The van der Waals surface area contributed by atoms with Crippen LogP contribution in [0.25, 0.3) is 11.0 Å². The summed E-state index contributed by atoms with van der Waals surface area (Å²) in [5.74, 6) is -0.412. The van der Waals surface area contributed by atoms with E-state index in [0.29, 0.717) is 10.6 Å². The molecule has 0 unspecified atom stereocenters. The van der Waals surface area contributed by atoms with Crippen LogP contribution in [-0.4, -0.2) is 27.1 Å². The van der Waals surface area contributed by atoms with Crippen molar-refractivity contribution in [1.82, 2.24) is 9.55 Å². The second kappa shape index (κ2) is 6.77. The Balaban J connectivity index is 1.48. The Morgan fingerprint density at radius 2 is 2.15 bits per heavy atom. The molecule has 0 saturated heterocycles. The van der Waals surface area contributed by atoms with Crippen LogP contribution < -0.4 is 11.1 Å². The normalized spacial score (nSPS) is 13.1. The number of thioether (sulfide) groups is 1. The summed E-state index contributed by atoms with van der Waals surface area (Å²) in [7, 11) is 1.94. The highest BCUT2D eigenvalue weighted by atomic mass is 32.2. The SMILES string of the molecule is Cn1c(SCC(=O)Nc2sc3c(c2C(N)=O)CCC3)nc2ccccc21. The predicted molar refractivity (Wildman–Crippen MR) is 105 cm³/mol. The zero-order valence-corrected chi connectivity index (χ0v) is 15.9. The van der Waals surface area contributed by atoms with Crippen molar-refractivity contribution in [1.29, 1.82) is 0 Å². The number of anilines is 1. The number of imidazole rings is 1. The number of thiophene rings is 1. The zero-order valence-electron chi connectivity index (χ0n) is 14.2. The van der Waals surface area contributed by atoms with Crippen molar-refractivity contribution < 1.29 is 9.59 Å². The van der Waals surface area contributed by atoms with Crippen LogP contribution in [0, 0.1) is 0 Å². The van der Waals surface area contributed by atoms with Crippen LogP contribution in [0.2, 0.25) is 0 Å². The fourth-order valence-electron chi connectivity index (χ4n) is 3.30. The summed E-state index contributed by atoms with van der Waals surface area (Å²) in [6.07, 6.45) is 2.84. The number of primary amides is 1. The number of benzene rings is 1. The Morgan fingerprint density at radius 1 is 1.35 bits per heavy atom. The van der Waals surface area contributed by atoms with Gasteiger partial charge in [-0.1, -0.05) is 23.9 Å². The second-order valence-corrected chi connectivity index (χ2v) is 8.25. The molecule has 0 fully saturated rings. The number of aromatic nitrogens is 2. The number of hydrogen-bond acceptors (Lipinski definition) is 5. The maximum absolute atomic E-state index is 12.4. The number of carbonyl (C=O) groups is 2. The van der Waals surface area contributed by atoms with E-state index in [1.54, 1.807) is 0 Å². The average molecular weight is 387 g/mol. The number of rotatable bonds is 5. The van der Waals surface area contributed by atoms with E-state index in [1.807, 2.05) is 35.9 Å². The summed E-state index contributed by atoms with van der Waals surface area (Å²) in [5.41, 5.74) is 8.97. The highest BCUT2D eigenvalue weighted by molar-refractivity contribution is 7.99. The minimum Gasteiger partial charge on any atom is -0.365 e. The third kappa shape index (κ3) is 2.99. The minimum atomic E-state index is -0.470. The molecule has 4 rings (SSSR count). The fourth-order valence-corrected chi connectivity index (χ4v) is 5.40. The van der Waals surface area contributed by atoms with Gasteiger partial charge in [0.25, 0.3) is 5.91 Å². The molecule has 1 aromatic carbocycles. The van der Waals surface area contributed by atoms with Crippen LogP contribution in [0.15, 0.2) is 29.4 Å². The highest BCUT2D eigenvalue weighted by Gasteiger charge is 2.26. The first-order chi connectivity index (χ1) is 12.5. The van der Waals surface area contributed by atoms with Crippen molar-refractivity contribution >= 4 is 50.9 Å². The predicted octanol–water partition coefficient (Wildman–Crippen LogP) is 2.95. The van der Waals surface area contributed by atoms with Crippen LogP contribution in [-0.2, 0) is 24.7 Å². The maximum Gasteiger partial charge on any atom is 0.251 e. The van der Waals surface area contributed by atoms with E-state index in [9.17, 15) is 9.59 Å². The Morgan fingerprint density at radius 3 is 2.92 bits per heavy atom. The van der Waals surface area contributed by atoms with Gasteiger partial charge in [-0.3, -0.25) is 9.59 Å². The fraction of sp³-hybridized carbons (Fsp3) is 0.278. The minimum absolute atomic E-state index is 0.163. The number of fused-ring (bicyclic) bond motifs is 2. The van der Waals surface area contributed by atoms with E-state index in [1.165, 1.54) is 23.1 Å². The molecule has 2 aromatic heterocycles. The van der Waals surface area contributed by atoms with Gasteiger partial charge in [0.05, 0.1) is 22.3 Å². The summed E-state index contributed by atoms with van der Waals surface area (Å²) in [6.45, 7) is 0. The Hall–Kier alpha value is -2.32. The van der Waals surface area contributed by atoms with Crippen LogP contribution in [0.5, 0.6) is 0 Å². The van der Waals surface area contributed by atoms with Gasteiger partial charge in [-0.15, -0.1) is 11.3 Å². The Kier molecular flexibility index (Phi) is 4.46. The smallest absolute Gasteiger partial charge is 0.251 e. The third-order valence-electron chi connectivity index (χ3n) is 4.50. The van der Waals surface area contributed by atoms with Gasteiger partial charge in [-0.2, -0.15) is 0 Å².